The van der Waals surface area contributed by atoms with Crippen molar-refractivity contribution in [1.82, 2.24) is 10.2 Å². The van der Waals surface area contributed by atoms with E-state index in [1.165, 1.54) is 16.8 Å². The van der Waals surface area contributed by atoms with Crippen LogP contribution in [0.4, 0.5) is 5.69 Å². The predicted molar refractivity (Wildman–Crippen MR) is 115 cm³/mol. The standard InChI is InChI=1S/C22H29N3OS/c1-18-4-3-5-20(14-18)16-27-17-22(26)23-15-19-6-8-21(9-7-19)25-12-10-24(2)11-13-25/h3-9,14H,10-13,15-17H2,1-2H3,(H,23,26). The van der Waals surface area contributed by atoms with Crippen LogP contribution < -0.4 is 10.2 Å². The maximum Gasteiger partial charge on any atom is 0.230 e. The van der Waals surface area contributed by atoms with E-state index in [4.69, 9.17) is 0 Å². The zero-order valence-corrected chi connectivity index (χ0v) is 17.1. The third-order valence-electron chi connectivity index (χ3n) is 4.88. The minimum absolute atomic E-state index is 0.0933. The summed E-state index contributed by atoms with van der Waals surface area (Å²) in [4.78, 5) is 16.9. The molecule has 1 N–H and O–H groups in total. The molecule has 2 aromatic carbocycles. The van der Waals surface area contributed by atoms with E-state index in [0.29, 0.717) is 12.3 Å². The molecule has 4 nitrogen and oxygen atoms in total. The van der Waals surface area contributed by atoms with Crippen molar-refractivity contribution in [3.8, 4) is 0 Å². The van der Waals surface area contributed by atoms with Crippen LogP contribution in [-0.2, 0) is 17.1 Å². The first-order valence-electron chi connectivity index (χ1n) is 9.52. The summed E-state index contributed by atoms with van der Waals surface area (Å²) in [6.45, 7) is 7.05. The van der Waals surface area contributed by atoms with Gasteiger partial charge < -0.3 is 15.1 Å². The molecule has 0 bridgehead atoms. The summed E-state index contributed by atoms with van der Waals surface area (Å²) >= 11 is 1.66. The van der Waals surface area contributed by atoms with Crippen LogP contribution in [-0.4, -0.2) is 49.8 Å². The molecule has 1 saturated heterocycles. The van der Waals surface area contributed by atoms with Crippen LogP contribution in [0.2, 0.25) is 0 Å². The van der Waals surface area contributed by atoms with Gasteiger partial charge in [0.2, 0.25) is 5.91 Å². The van der Waals surface area contributed by atoms with Gasteiger partial charge in [-0.1, -0.05) is 42.0 Å². The molecule has 1 fully saturated rings. The molecule has 0 aromatic heterocycles. The topological polar surface area (TPSA) is 35.6 Å². The molecule has 27 heavy (non-hydrogen) atoms. The van der Waals surface area contributed by atoms with Crippen molar-refractivity contribution in [2.45, 2.75) is 19.2 Å². The Bertz CT molecular complexity index is 739. The molecular formula is C22H29N3OS. The second kappa shape index (κ2) is 9.81. The Morgan fingerprint density at radius 1 is 1.04 bits per heavy atom. The van der Waals surface area contributed by atoms with Gasteiger partial charge in [0.15, 0.2) is 0 Å². The van der Waals surface area contributed by atoms with Crippen LogP contribution in [0.25, 0.3) is 0 Å². The first kappa shape index (κ1) is 19.8. The highest BCUT2D eigenvalue weighted by Crippen LogP contribution is 2.17. The highest BCUT2D eigenvalue weighted by atomic mass is 32.2. The molecule has 0 aliphatic carbocycles. The Balaban J connectivity index is 1.38. The number of carbonyl (C=O) groups is 1. The first-order valence-corrected chi connectivity index (χ1v) is 10.7. The van der Waals surface area contributed by atoms with E-state index in [0.717, 1.165) is 37.5 Å². The van der Waals surface area contributed by atoms with Crippen molar-refractivity contribution < 1.29 is 4.79 Å². The van der Waals surface area contributed by atoms with Crippen LogP contribution in [0.15, 0.2) is 48.5 Å². The fourth-order valence-electron chi connectivity index (χ4n) is 3.20. The minimum Gasteiger partial charge on any atom is -0.369 e. The van der Waals surface area contributed by atoms with E-state index in [-0.39, 0.29) is 5.91 Å². The molecule has 1 amide bonds. The third-order valence-corrected chi connectivity index (χ3v) is 5.88. The number of anilines is 1. The van der Waals surface area contributed by atoms with Gasteiger partial charge >= 0.3 is 0 Å². The van der Waals surface area contributed by atoms with Crippen LogP contribution in [0, 0.1) is 6.92 Å². The highest BCUT2D eigenvalue weighted by Gasteiger charge is 2.13. The van der Waals surface area contributed by atoms with Gasteiger partial charge in [0.1, 0.15) is 0 Å². The van der Waals surface area contributed by atoms with Gasteiger partial charge in [0, 0.05) is 44.2 Å². The van der Waals surface area contributed by atoms with E-state index in [1.807, 2.05) is 0 Å². The summed E-state index contributed by atoms with van der Waals surface area (Å²) in [6.07, 6.45) is 0. The van der Waals surface area contributed by atoms with Gasteiger partial charge in [-0.2, -0.15) is 0 Å². The summed E-state index contributed by atoms with van der Waals surface area (Å²) < 4.78 is 0. The number of likely N-dealkylation sites (N-methyl/N-ethyl adjacent to an activating group) is 1. The number of thioether (sulfide) groups is 1. The number of hydrogen-bond acceptors (Lipinski definition) is 4. The highest BCUT2D eigenvalue weighted by molar-refractivity contribution is 7.99. The molecule has 1 heterocycles. The van der Waals surface area contributed by atoms with Crippen molar-refractivity contribution in [3.63, 3.8) is 0 Å². The summed E-state index contributed by atoms with van der Waals surface area (Å²) in [5, 5.41) is 3.02. The average molecular weight is 384 g/mol. The number of amides is 1. The fourth-order valence-corrected chi connectivity index (χ4v) is 4.01. The number of nitrogens with one attached hydrogen (secondary N) is 1. The molecule has 2 aromatic rings. The van der Waals surface area contributed by atoms with Crippen molar-refractivity contribution in [1.29, 1.82) is 0 Å². The second-order valence-corrected chi connectivity index (χ2v) is 8.20. The number of carbonyl (C=O) groups excluding carboxylic acids is 1. The largest absolute Gasteiger partial charge is 0.369 e. The summed E-state index contributed by atoms with van der Waals surface area (Å²) in [6, 6.07) is 17.0. The molecule has 3 rings (SSSR count). The lowest BCUT2D eigenvalue weighted by Gasteiger charge is -2.34. The Hall–Kier alpha value is -1.98. The average Bonchev–Trinajstić information content (AvgIpc) is 2.68. The van der Waals surface area contributed by atoms with E-state index < -0.39 is 0 Å². The SMILES string of the molecule is Cc1cccc(CSCC(=O)NCc2ccc(N3CCN(C)CC3)cc2)c1. The molecule has 0 unspecified atom stereocenters. The fraction of sp³-hybridized carbons (Fsp3) is 0.409. The Labute approximate surface area is 166 Å². The molecule has 0 spiro atoms. The predicted octanol–water partition coefficient (Wildman–Crippen LogP) is 3.30. The molecule has 0 saturated carbocycles. The van der Waals surface area contributed by atoms with Crippen LogP contribution in [0.1, 0.15) is 16.7 Å². The zero-order chi connectivity index (χ0) is 19.1. The lowest BCUT2D eigenvalue weighted by molar-refractivity contribution is -0.118. The van der Waals surface area contributed by atoms with Gasteiger partial charge in [-0.05, 0) is 37.2 Å². The number of aryl methyl sites for hydroxylation is 1. The molecule has 1 aliphatic heterocycles. The summed E-state index contributed by atoms with van der Waals surface area (Å²) in [5.41, 5.74) is 4.95. The molecule has 5 heteroatoms. The number of rotatable bonds is 7. The van der Waals surface area contributed by atoms with E-state index in [1.54, 1.807) is 11.8 Å². The maximum atomic E-state index is 12.1. The van der Waals surface area contributed by atoms with Crippen molar-refractivity contribution in [2.24, 2.45) is 0 Å². The number of hydrogen-bond donors (Lipinski definition) is 1. The molecule has 144 valence electrons. The zero-order valence-electron chi connectivity index (χ0n) is 16.3. The Kier molecular flexibility index (Phi) is 7.18. The van der Waals surface area contributed by atoms with E-state index in [2.05, 4.69) is 77.6 Å². The van der Waals surface area contributed by atoms with Gasteiger partial charge in [-0.25, -0.2) is 0 Å². The monoisotopic (exact) mass is 383 g/mol. The van der Waals surface area contributed by atoms with E-state index in [9.17, 15) is 4.79 Å². The maximum absolute atomic E-state index is 12.1. The third kappa shape index (κ3) is 6.29. The van der Waals surface area contributed by atoms with Crippen LogP contribution in [0.3, 0.4) is 0 Å². The van der Waals surface area contributed by atoms with Gasteiger partial charge in [-0.15, -0.1) is 11.8 Å². The number of piperazine rings is 1. The lowest BCUT2D eigenvalue weighted by atomic mass is 10.2. The molecule has 1 aliphatic rings. The molecular weight excluding hydrogens is 354 g/mol. The normalized spacial score (nSPS) is 15.0. The van der Waals surface area contributed by atoms with Crippen LogP contribution in [0.5, 0.6) is 0 Å². The quantitative estimate of drug-likeness (QED) is 0.796. The van der Waals surface area contributed by atoms with Gasteiger partial charge in [-0.3, -0.25) is 4.79 Å². The summed E-state index contributed by atoms with van der Waals surface area (Å²) in [7, 11) is 2.17. The summed E-state index contributed by atoms with van der Waals surface area (Å²) in [5.74, 6) is 1.46. The second-order valence-electron chi connectivity index (χ2n) is 7.22. The minimum atomic E-state index is 0.0933. The number of benzene rings is 2. The van der Waals surface area contributed by atoms with Crippen molar-refractivity contribution >= 4 is 23.4 Å². The lowest BCUT2D eigenvalue weighted by Crippen LogP contribution is -2.44. The smallest absolute Gasteiger partial charge is 0.230 e. The Morgan fingerprint density at radius 3 is 2.48 bits per heavy atom. The van der Waals surface area contributed by atoms with Gasteiger partial charge in [0.05, 0.1) is 5.75 Å². The Morgan fingerprint density at radius 2 is 1.78 bits per heavy atom. The first-order chi connectivity index (χ1) is 13.1. The van der Waals surface area contributed by atoms with Crippen LogP contribution >= 0.6 is 11.8 Å². The molecule has 0 atom stereocenters. The van der Waals surface area contributed by atoms with Crippen molar-refractivity contribution in [3.05, 3.63) is 65.2 Å². The van der Waals surface area contributed by atoms with E-state index >= 15 is 0 Å². The molecule has 0 radical (unpaired) electrons. The van der Waals surface area contributed by atoms with Gasteiger partial charge in [0.25, 0.3) is 0 Å². The number of nitrogens with zero attached hydrogens (tertiary/aromatic N) is 2. The van der Waals surface area contributed by atoms with Crippen molar-refractivity contribution in [2.75, 3.05) is 43.9 Å².